The van der Waals surface area contributed by atoms with E-state index in [2.05, 4.69) is 17.2 Å². The molecule has 0 saturated carbocycles. The van der Waals surface area contributed by atoms with Gasteiger partial charge in [-0.2, -0.15) is 0 Å². The molecule has 1 aliphatic heterocycles. The second-order valence-electron chi connectivity index (χ2n) is 7.18. The number of methoxy groups -OCH3 is 1. The van der Waals surface area contributed by atoms with Gasteiger partial charge in [-0.25, -0.2) is 4.98 Å². The average Bonchev–Trinajstić information content (AvgIpc) is 3.04. The average molecular weight is 381 g/mol. The van der Waals surface area contributed by atoms with Crippen LogP contribution in [0.25, 0.3) is 0 Å². The van der Waals surface area contributed by atoms with Crippen molar-refractivity contribution in [1.82, 2.24) is 9.88 Å². The number of benzene rings is 1. The number of carbonyl (C=O) groups excluding carboxylic acids is 2. The zero-order valence-electron chi connectivity index (χ0n) is 16.6. The van der Waals surface area contributed by atoms with E-state index in [1.165, 1.54) is 0 Å². The Morgan fingerprint density at radius 1 is 1.25 bits per heavy atom. The summed E-state index contributed by atoms with van der Waals surface area (Å²) in [6, 6.07) is 11.0. The predicted molar refractivity (Wildman–Crippen MR) is 108 cm³/mol. The summed E-state index contributed by atoms with van der Waals surface area (Å²) in [6.45, 7) is 4.69. The van der Waals surface area contributed by atoms with Gasteiger partial charge in [0, 0.05) is 19.2 Å². The van der Waals surface area contributed by atoms with E-state index in [1.54, 1.807) is 19.4 Å². The van der Waals surface area contributed by atoms with Crippen molar-refractivity contribution in [3.8, 4) is 5.75 Å². The van der Waals surface area contributed by atoms with Crippen molar-refractivity contribution in [3.63, 3.8) is 0 Å². The number of ether oxygens (including phenoxy) is 1. The summed E-state index contributed by atoms with van der Waals surface area (Å²) in [5.41, 5.74) is 1.97. The second kappa shape index (κ2) is 8.87. The monoisotopic (exact) mass is 381 g/mol. The van der Waals surface area contributed by atoms with E-state index < -0.39 is 5.92 Å². The smallest absolute Gasteiger partial charge is 0.231 e. The van der Waals surface area contributed by atoms with Crippen molar-refractivity contribution in [1.29, 1.82) is 0 Å². The molecule has 1 aliphatic rings. The third-order valence-electron chi connectivity index (χ3n) is 5.14. The molecule has 0 bridgehead atoms. The summed E-state index contributed by atoms with van der Waals surface area (Å²) in [6.07, 6.45) is 3.82. The fraction of sp³-hybridized carbons (Fsp3) is 0.409. The minimum absolute atomic E-state index is 0.0197. The molecule has 148 valence electrons. The minimum atomic E-state index is -0.458. The molecule has 1 saturated heterocycles. The highest BCUT2D eigenvalue weighted by Gasteiger charge is 2.44. The number of unbranched alkanes of at least 4 members (excludes halogenated alkanes) is 1. The van der Waals surface area contributed by atoms with Gasteiger partial charge in [0.1, 0.15) is 11.6 Å². The summed E-state index contributed by atoms with van der Waals surface area (Å²) in [7, 11) is 1.62. The van der Waals surface area contributed by atoms with Gasteiger partial charge >= 0.3 is 0 Å². The summed E-state index contributed by atoms with van der Waals surface area (Å²) in [5.74, 6) is 0.637. The van der Waals surface area contributed by atoms with Gasteiger partial charge in [0.25, 0.3) is 0 Å². The number of likely N-dealkylation sites (tertiary alicyclic amines) is 1. The Morgan fingerprint density at radius 3 is 2.61 bits per heavy atom. The lowest BCUT2D eigenvalue weighted by molar-refractivity contribution is -0.129. The molecule has 6 heteroatoms. The van der Waals surface area contributed by atoms with E-state index in [1.807, 2.05) is 42.2 Å². The standard InChI is InChI=1S/C22H27N3O3/c1-4-5-12-25-20(26)13-18(21(25)16-7-9-17(28-3)10-8-16)22(27)24-19-11-6-15(2)14-23-19/h6-11,14,18,21H,4-5,12-13H2,1-3H3,(H,23,24,27). The van der Waals surface area contributed by atoms with E-state index in [-0.39, 0.29) is 24.3 Å². The highest BCUT2D eigenvalue weighted by molar-refractivity contribution is 5.97. The first kappa shape index (κ1) is 19.9. The minimum Gasteiger partial charge on any atom is -0.497 e. The van der Waals surface area contributed by atoms with Crippen LogP contribution in [0.4, 0.5) is 5.82 Å². The lowest BCUT2D eigenvalue weighted by atomic mass is 9.92. The Morgan fingerprint density at radius 2 is 2.00 bits per heavy atom. The lowest BCUT2D eigenvalue weighted by Gasteiger charge is -2.28. The third-order valence-corrected chi connectivity index (χ3v) is 5.14. The Balaban J connectivity index is 1.86. The first-order chi connectivity index (χ1) is 13.5. The van der Waals surface area contributed by atoms with E-state index in [9.17, 15) is 9.59 Å². The van der Waals surface area contributed by atoms with Crippen LogP contribution in [-0.2, 0) is 9.59 Å². The maximum absolute atomic E-state index is 13.0. The Hall–Kier alpha value is -2.89. The van der Waals surface area contributed by atoms with Gasteiger partial charge in [0.05, 0.1) is 19.1 Å². The van der Waals surface area contributed by atoms with Crippen molar-refractivity contribution in [2.75, 3.05) is 19.0 Å². The SMILES string of the molecule is CCCCN1C(=O)CC(C(=O)Nc2ccc(C)cn2)C1c1ccc(OC)cc1. The number of aromatic nitrogens is 1. The molecule has 6 nitrogen and oxygen atoms in total. The van der Waals surface area contributed by atoms with Crippen molar-refractivity contribution in [3.05, 3.63) is 53.7 Å². The van der Waals surface area contributed by atoms with Crippen LogP contribution >= 0.6 is 0 Å². The first-order valence-electron chi connectivity index (χ1n) is 9.70. The molecule has 2 atom stereocenters. The van der Waals surface area contributed by atoms with Crippen LogP contribution in [0.3, 0.4) is 0 Å². The molecule has 0 aliphatic carbocycles. The highest BCUT2D eigenvalue weighted by atomic mass is 16.5. The van der Waals surface area contributed by atoms with Gasteiger partial charge in [0.2, 0.25) is 11.8 Å². The van der Waals surface area contributed by atoms with Crippen LogP contribution < -0.4 is 10.1 Å². The number of rotatable bonds is 7. The largest absolute Gasteiger partial charge is 0.497 e. The Kier molecular flexibility index (Phi) is 6.29. The van der Waals surface area contributed by atoms with E-state index >= 15 is 0 Å². The number of nitrogens with one attached hydrogen (secondary N) is 1. The number of nitrogens with zero attached hydrogens (tertiary/aromatic N) is 2. The topological polar surface area (TPSA) is 71.5 Å². The molecule has 1 fully saturated rings. The van der Waals surface area contributed by atoms with Gasteiger partial charge in [0.15, 0.2) is 0 Å². The van der Waals surface area contributed by atoms with Gasteiger partial charge < -0.3 is 15.0 Å². The molecule has 3 rings (SSSR count). The number of amides is 2. The predicted octanol–water partition coefficient (Wildman–Crippen LogP) is 3.73. The number of pyridine rings is 1. The third kappa shape index (κ3) is 4.32. The normalized spacial score (nSPS) is 19.0. The number of anilines is 1. The molecule has 2 unspecified atom stereocenters. The van der Waals surface area contributed by atoms with E-state index in [0.29, 0.717) is 12.4 Å². The molecule has 1 aromatic carbocycles. The summed E-state index contributed by atoms with van der Waals surface area (Å²) in [5, 5.41) is 2.88. The van der Waals surface area contributed by atoms with Gasteiger partial charge in [-0.15, -0.1) is 0 Å². The fourth-order valence-corrected chi connectivity index (χ4v) is 3.59. The van der Waals surface area contributed by atoms with Gasteiger partial charge in [-0.1, -0.05) is 31.5 Å². The second-order valence-corrected chi connectivity index (χ2v) is 7.18. The van der Waals surface area contributed by atoms with Crippen LogP contribution in [-0.4, -0.2) is 35.4 Å². The number of hydrogen-bond acceptors (Lipinski definition) is 4. The van der Waals surface area contributed by atoms with Gasteiger partial charge in [-0.3, -0.25) is 9.59 Å². The number of hydrogen-bond donors (Lipinski definition) is 1. The Bertz CT molecular complexity index is 818. The molecule has 2 heterocycles. The zero-order valence-corrected chi connectivity index (χ0v) is 16.6. The van der Waals surface area contributed by atoms with Crippen LogP contribution in [0.15, 0.2) is 42.6 Å². The zero-order chi connectivity index (χ0) is 20.1. The van der Waals surface area contributed by atoms with Crippen LogP contribution in [0, 0.1) is 12.8 Å². The van der Waals surface area contributed by atoms with Crippen LogP contribution in [0.5, 0.6) is 5.75 Å². The lowest BCUT2D eigenvalue weighted by Crippen LogP contribution is -2.33. The molecule has 2 amide bonds. The Labute approximate surface area is 165 Å². The maximum Gasteiger partial charge on any atom is 0.231 e. The molecular formula is C22H27N3O3. The van der Waals surface area contributed by atoms with Crippen molar-refractivity contribution in [2.45, 2.75) is 39.2 Å². The van der Waals surface area contributed by atoms with E-state index in [4.69, 9.17) is 4.74 Å². The van der Waals surface area contributed by atoms with Crippen LogP contribution in [0.1, 0.15) is 43.4 Å². The molecular weight excluding hydrogens is 354 g/mol. The summed E-state index contributed by atoms with van der Waals surface area (Å²) in [4.78, 5) is 31.8. The fourth-order valence-electron chi connectivity index (χ4n) is 3.59. The summed E-state index contributed by atoms with van der Waals surface area (Å²) < 4.78 is 5.24. The molecule has 0 radical (unpaired) electrons. The van der Waals surface area contributed by atoms with Crippen LogP contribution in [0.2, 0.25) is 0 Å². The molecule has 28 heavy (non-hydrogen) atoms. The quantitative estimate of drug-likeness (QED) is 0.793. The summed E-state index contributed by atoms with van der Waals surface area (Å²) >= 11 is 0. The van der Waals surface area contributed by atoms with Crippen molar-refractivity contribution >= 4 is 17.6 Å². The molecule has 1 N–H and O–H groups in total. The first-order valence-corrected chi connectivity index (χ1v) is 9.70. The highest BCUT2D eigenvalue weighted by Crippen LogP contribution is 2.39. The number of aryl methyl sites for hydroxylation is 1. The van der Waals surface area contributed by atoms with Crippen molar-refractivity contribution in [2.24, 2.45) is 5.92 Å². The van der Waals surface area contributed by atoms with Crippen molar-refractivity contribution < 1.29 is 14.3 Å². The molecule has 0 spiro atoms. The van der Waals surface area contributed by atoms with E-state index in [0.717, 1.165) is 29.7 Å². The molecule has 1 aromatic heterocycles. The molecule has 2 aromatic rings. The number of carbonyl (C=O) groups is 2. The van der Waals surface area contributed by atoms with Gasteiger partial charge in [-0.05, 0) is 42.7 Å². The maximum atomic E-state index is 13.0.